The van der Waals surface area contributed by atoms with Gasteiger partial charge < -0.3 is 11.1 Å². The Hall–Kier alpha value is -1.39. The number of nitrogens with one attached hydrogen (secondary N) is 1. The van der Waals surface area contributed by atoms with E-state index >= 15 is 0 Å². The Kier molecular flexibility index (Phi) is 3.53. The van der Waals surface area contributed by atoms with Crippen LogP contribution in [-0.4, -0.2) is 36.0 Å². The molecule has 102 valence electrons. The maximum atomic E-state index is 12.1. The molecule has 1 aromatic carbocycles. The largest absolute Gasteiger partial charge is 0.350 e. The van der Waals surface area contributed by atoms with E-state index in [-0.39, 0.29) is 11.9 Å². The van der Waals surface area contributed by atoms with Crippen molar-refractivity contribution in [1.82, 2.24) is 10.2 Å². The fraction of sp³-hybridized carbons (Fsp3) is 0.533. The Morgan fingerprint density at radius 1 is 1.26 bits per heavy atom. The van der Waals surface area contributed by atoms with E-state index < -0.39 is 6.04 Å². The third-order valence-corrected chi connectivity index (χ3v) is 4.07. The quantitative estimate of drug-likeness (QED) is 0.849. The van der Waals surface area contributed by atoms with E-state index in [2.05, 4.69) is 10.2 Å². The number of hydrogen-bond acceptors (Lipinski definition) is 3. The number of nitrogens with two attached hydrogens (primary N) is 1. The summed E-state index contributed by atoms with van der Waals surface area (Å²) >= 11 is 0. The molecule has 0 aromatic heterocycles. The van der Waals surface area contributed by atoms with Crippen LogP contribution in [-0.2, 0) is 4.79 Å². The molecular weight excluding hydrogens is 238 g/mol. The number of likely N-dealkylation sites (tertiary alicyclic amines) is 1. The summed E-state index contributed by atoms with van der Waals surface area (Å²) in [4.78, 5) is 14.6. The maximum Gasteiger partial charge on any atom is 0.241 e. The smallest absolute Gasteiger partial charge is 0.241 e. The van der Waals surface area contributed by atoms with Crippen LogP contribution in [0, 0.1) is 0 Å². The fourth-order valence-electron chi connectivity index (χ4n) is 2.78. The minimum Gasteiger partial charge on any atom is -0.350 e. The molecule has 3 N–H and O–H groups in total. The lowest BCUT2D eigenvalue weighted by Gasteiger charge is -2.18. The third-order valence-electron chi connectivity index (χ3n) is 4.07. The van der Waals surface area contributed by atoms with Gasteiger partial charge in [-0.15, -0.1) is 0 Å². The zero-order valence-electron chi connectivity index (χ0n) is 11.1. The molecule has 2 unspecified atom stereocenters. The molecule has 1 aliphatic heterocycles. The van der Waals surface area contributed by atoms with E-state index in [0.29, 0.717) is 0 Å². The van der Waals surface area contributed by atoms with Gasteiger partial charge in [-0.25, -0.2) is 0 Å². The van der Waals surface area contributed by atoms with Gasteiger partial charge in [-0.1, -0.05) is 30.3 Å². The van der Waals surface area contributed by atoms with Gasteiger partial charge in [-0.3, -0.25) is 9.69 Å². The van der Waals surface area contributed by atoms with Crippen LogP contribution in [0.25, 0.3) is 0 Å². The van der Waals surface area contributed by atoms with Crippen molar-refractivity contribution in [1.29, 1.82) is 0 Å². The summed E-state index contributed by atoms with van der Waals surface area (Å²) < 4.78 is 0. The van der Waals surface area contributed by atoms with Gasteiger partial charge in [0, 0.05) is 25.2 Å². The van der Waals surface area contributed by atoms with Crippen LogP contribution in [0.4, 0.5) is 0 Å². The second kappa shape index (κ2) is 5.31. The highest BCUT2D eigenvalue weighted by Crippen LogP contribution is 2.29. The molecule has 1 aromatic rings. The average Bonchev–Trinajstić information content (AvgIpc) is 3.20. The van der Waals surface area contributed by atoms with E-state index in [0.717, 1.165) is 31.1 Å². The minimum atomic E-state index is -0.559. The van der Waals surface area contributed by atoms with Crippen LogP contribution in [0.15, 0.2) is 30.3 Å². The van der Waals surface area contributed by atoms with E-state index in [1.54, 1.807) is 0 Å². The maximum absolute atomic E-state index is 12.1. The first-order valence-electron chi connectivity index (χ1n) is 7.09. The summed E-state index contributed by atoms with van der Waals surface area (Å²) in [6, 6.07) is 10.0. The Labute approximate surface area is 114 Å². The molecule has 4 heteroatoms. The van der Waals surface area contributed by atoms with Crippen LogP contribution in [0.2, 0.25) is 0 Å². The van der Waals surface area contributed by atoms with Gasteiger partial charge in [0.15, 0.2) is 0 Å². The van der Waals surface area contributed by atoms with Crippen LogP contribution < -0.4 is 11.1 Å². The zero-order valence-corrected chi connectivity index (χ0v) is 11.1. The molecular formula is C15H21N3O. The summed E-state index contributed by atoms with van der Waals surface area (Å²) in [6.45, 7) is 2.09. The molecule has 1 heterocycles. The van der Waals surface area contributed by atoms with Crippen molar-refractivity contribution in [2.45, 2.75) is 37.4 Å². The molecule has 1 saturated carbocycles. The second-order valence-corrected chi connectivity index (χ2v) is 5.61. The monoisotopic (exact) mass is 259 g/mol. The lowest BCUT2D eigenvalue weighted by atomic mass is 10.1. The van der Waals surface area contributed by atoms with Gasteiger partial charge >= 0.3 is 0 Å². The molecule has 1 aliphatic carbocycles. The van der Waals surface area contributed by atoms with Crippen molar-refractivity contribution in [2.24, 2.45) is 5.73 Å². The Bertz CT molecular complexity index is 444. The SMILES string of the molecule is NC(C(=O)NC1CCN(C2CC2)C1)c1ccccc1. The Morgan fingerprint density at radius 3 is 2.68 bits per heavy atom. The first-order valence-corrected chi connectivity index (χ1v) is 7.09. The number of carbonyl (C=O) groups excluding carboxylic acids is 1. The van der Waals surface area contributed by atoms with Crippen LogP contribution in [0.3, 0.4) is 0 Å². The summed E-state index contributed by atoms with van der Waals surface area (Å²) in [5, 5.41) is 3.08. The Morgan fingerprint density at radius 2 is 2.00 bits per heavy atom. The number of amides is 1. The molecule has 1 amide bonds. The van der Waals surface area contributed by atoms with Crippen molar-refractivity contribution in [3.63, 3.8) is 0 Å². The number of carbonyl (C=O) groups is 1. The third kappa shape index (κ3) is 2.96. The van der Waals surface area contributed by atoms with Crippen molar-refractivity contribution < 1.29 is 4.79 Å². The van der Waals surface area contributed by atoms with Crippen molar-refractivity contribution in [3.8, 4) is 0 Å². The van der Waals surface area contributed by atoms with Crippen molar-refractivity contribution in [3.05, 3.63) is 35.9 Å². The molecule has 0 bridgehead atoms. The highest BCUT2D eigenvalue weighted by molar-refractivity contribution is 5.83. The summed E-state index contributed by atoms with van der Waals surface area (Å²) in [5.74, 6) is -0.0613. The minimum absolute atomic E-state index is 0.0613. The van der Waals surface area contributed by atoms with Gasteiger partial charge in [-0.05, 0) is 24.8 Å². The molecule has 0 radical (unpaired) electrons. The standard InChI is InChI=1S/C15H21N3O/c16-14(11-4-2-1-3-5-11)15(19)17-12-8-9-18(10-12)13-6-7-13/h1-5,12-14H,6-10,16H2,(H,17,19). The lowest BCUT2D eigenvalue weighted by Crippen LogP contribution is -2.42. The van der Waals surface area contributed by atoms with Crippen LogP contribution >= 0.6 is 0 Å². The Balaban J connectivity index is 1.53. The van der Waals surface area contributed by atoms with Gasteiger partial charge in [0.2, 0.25) is 5.91 Å². The predicted molar refractivity (Wildman–Crippen MR) is 74.5 cm³/mol. The van der Waals surface area contributed by atoms with Crippen molar-refractivity contribution >= 4 is 5.91 Å². The normalized spacial score (nSPS) is 25.2. The van der Waals surface area contributed by atoms with Gasteiger partial charge in [0.1, 0.15) is 6.04 Å². The summed E-state index contributed by atoms with van der Waals surface area (Å²) in [6.07, 6.45) is 3.69. The first-order chi connectivity index (χ1) is 9.24. The summed E-state index contributed by atoms with van der Waals surface area (Å²) in [5.41, 5.74) is 6.87. The number of benzene rings is 1. The molecule has 4 nitrogen and oxygen atoms in total. The molecule has 1 saturated heterocycles. The van der Waals surface area contributed by atoms with Crippen LogP contribution in [0.1, 0.15) is 30.9 Å². The fourth-order valence-corrected chi connectivity index (χ4v) is 2.78. The highest BCUT2D eigenvalue weighted by Gasteiger charge is 2.35. The van der Waals surface area contributed by atoms with E-state index in [4.69, 9.17) is 5.73 Å². The number of rotatable bonds is 4. The number of hydrogen-bond donors (Lipinski definition) is 2. The van der Waals surface area contributed by atoms with Gasteiger partial charge in [-0.2, -0.15) is 0 Å². The van der Waals surface area contributed by atoms with Gasteiger partial charge in [0.25, 0.3) is 0 Å². The summed E-state index contributed by atoms with van der Waals surface area (Å²) in [7, 11) is 0. The lowest BCUT2D eigenvalue weighted by molar-refractivity contribution is -0.123. The molecule has 2 atom stereocenters. The molecule has 0 spiro atoms. The van der Waals surface area contributed by atoms with Gasteiger partial charge in [0.05, 0.1) is 0 Å². The van der Waals surface area contributed by atoms with E-state index in [1.165, 1.54) is 12.8 Å². The molecule has 2 fully saturated rings. The zero-order chi connectivity index (χ0) is 13.2. The first kappa shape index (κ1) is 12.6. The van der Waals surface area contributed by atoms with Crippen LogP contribution in [0.5, 0.6) is 0 Å². The van der Waals surface area contributed by atoms with Crippen molar-refractivity contribution in [2.75, 3.05) is 13.1 Å². The molecule has 3 rings (SSSR count). The van der Waals surface area contributed by atoms with E-state index in [9.17, 15) is 4.79 Å². The molecule has 2 aliphatic rings. The predicted octanol–water partition coefficient (Wildman–Crippen LogP) is 1.04. The van der Waals surface area contributed by atoms with E-state index in [1.807, 2.05) is 30.3 Å². The number of nitrogens with zero attached hydrogens (tertiary/aromatic N) is 1. The average molecular weight is 259 g/mol. The topological polar surface area (TPSA) is 58.4 Å². The second-order valence-electron chi connectivity index (χ2n) is 5.61. The highest BCUT2D eigenvalue weighted by atomic mass is 16.2. The molecule has 19 heavy (non-hydrogen) atoms.